The average Bonchev–Trinajstić information content (AvgIpc) is 2.71. The van der Waals surface area contributed by atoms with E-state index in [1.807, 2.05) is 6.92 Å². The summed E-state index contributed by atoms with van der Waals surface area (Å²) in [6, 6.07) is 4.97. The van der Waals surface area contributed by atoms with E-state index in [1.54, 1.807) is 18.2 Å². The molecule has 0 aliphatic heterocycles. The second kappa shape index (κ2) is 5.28. The summed E-state index contributed by atoms with van der Waals surface area (Å²) in [7, 11) is -3.54. The van der Waals surface area contributed by atoms with Crippen LogP contribution in [0, 0.1) is 6.92 Å². The second-order valence-electron chi connectivity index (χ2n) is 3.50. The van der Waals surface area contributed by atoms with Crippen molar-refractivity contribution in [3.63, 3.8) is 0 Å². The van der Waals surface area contributed by atoms with E-state index in [0.717, 1.165) is 20.7 Å². The van der Waals surface area contributed by atoms with Gasteiger partial charge in [0.1, 0.15) is 8.81 Å². The molecular weight excluding hydrogens is 404 g/mol. The summed E-state index contributed by atoms with van der Waals surface area (Å²) in [4.78, 5) is 4.05. The molecule has 2 aromatic heterocycles. The van der Waals surface area contributed by atoms with E-state index >= 15 is 0 Å². The second-order valence-corrected chi connectivity index (χ2v) is 8.62. The quantitative estimate of drug-likeness (QED) is 0.781. The highest BCUT2D eigenvalue weighted by molar-refractivity contribution is 9.11. The lowest BCUT2D eigenvalue weighted by Crippen LogP contribution is -2.11. The molecule has 0 unspecified atom stereocenters. The van der Waals surface area contributed by atoms with Crippen molar-refractivity contribution in [3.8, 4) is 0 Å². The molecule has 0 aliphatic carbocycles. The Kier molecular flexibility index (Phi) is 4.10. The molecule has 0 aliphatic rings. The summed E-state index contributed by atoms with van der Waals surface area (Å²) < 4.78 is 28.3. The average molecular weight is 412 g/mol. The molecule has 8 heteroatoms. The molecule has 0 fully saturated rings. The first-order valence-corrected chi connectivity index (χ1v) is 8.67. The number of aromatic nitrogens is 1. The van der Waals surface area contributed by atoms with Crippen LogP contribution in [0.5, 0.6) is 0 Å². The monoisotopic (exact) mass is 410 g/mol. The Bertz CT molecular complexity index is 683. The van der Waals surface area contributed by atoms with E-state index in [1.165, 1.54) is 6.20 Å². The minimum atomic E-state index is -3.54. The van der Waals surface area contributed by atoms with E-state index in [2.05, 4.69) is 41.6 Å². The van der Waals surface area contributed by atoms with Gasteiger partial charge in [-0.1, -0.05) is 0 Å². The van der Waals surface area contributed by atoms with Gasteiger partial charge in [-0.15, -0.1) is 11.3 Å². The Balaban J connectivity index is 2.30. The van der Waals surface area contributed by atoms with Crippen molar-refractivity contribution in [2.75, 3.05) is 4.72 Å². The highest BCUT2D eigenvalue weighted by atomic mass is 79.9. The van der Waals surface area contributed by atoms with Crippen LogP contribution < -0.4 is 4.72 Å². The predicted molar refractivity (Wildman–Crippen MR) is 79.5 cm³/mol. The maximum absolute atomic E-state index is 12.1. The zero-order valence-electron chi connectivity index (χ0n) is 9.15. The molecule has 0 spiro atoms. The lowest BCUT2D eigenvalue weighted by Gasteiger charge is -2.07. The zero-order chi connectivity index (χ0) is 13.3. The molecule has 96 valence electrons. The Morgan fingerprint density at radius 3 is 2.61 bits per heavy atom. The largest absolute Gasteiger partial charge is 0.277 e. The molecular formula is C10H8Br2N2O2S2. The van der Waals surface area contributed by atoms with Crippen LogP contribution in [0.15, 0.2) is 37.0 Å². The van der Waals surface area contributed by atoms with Crippen molar-refractivity contribution in [2.24, 2.45) is 0 Å². The van der Waals surface area contributed by atoms with Crippen molar-refractivity contribution in [1.29, 1.82) is 0 Å². The maximum atomic E-state index is 12.1. The van der Waals surface area contributed by atoms with Gasteiger partial charge < -0.3 is 0 Å². The van der Waals surface area contributed by atoms with Gasteiger partial charge in [-0.3, -0.25) is 4.72 Å². The van der Waals surface area contributed by atoms with Gasteiger partial charge in [-0.2, -0.15) is 0 Å². The standard InChI is InChI=1S/C10H8Br2N2O2S2/c1-6-4-7(5-13-10(6)12)14-18(15,16)9-3-2-8(11)17-9/h2-5,14H,1H3. The van der Waals surface area contributed by atoms with E-state index < -0.39 is 10.0 Å². The highest BCUT2D eigenvalue weighted by Gasteiger charge is 2.17. The number of nitrogens with one attached hydrogen (secondary N) is 1. The first-order valence-electron chi connectivity index (χ1n) is 4.79. The van der Waals surface area contributed by atoms with Crippen LogP contribution in [0.3, 0.4) is 0 Å². The van der Waals surface area contributed by atoms with Crippen molar-refractivity contribution in [3.05, 3.63) is 38.3 Å². The van der Waals surface area contributed by atoms with Crippen molar-refractivity contribution in [2.45, 2.75) is 11.1 Å². The molecule has 0 aromatic carbocycles. The minimum Gasteiger partial charge on any atom is -0.277 e. The fourth-order valence-electron chi connectivity index (χ4n) is 1.26. The molecule has 2 aromatic rings. The number of pyridine rings is 1. The van der Waals surface area contributed by atoms with Crippen LogP contribution >= 0.6 is 43.2 Å². The lowest BCUT2D eigenvalue weighted by molar-refractivity contribution is 0.603. The number of nitrogens with zero attached hydrogens (tertiary/aromatic N) is 1. The lowest BCUT2D eigenvalue weighted by atomic mass is 10.3. The first-order chi connectivity index (χ1) is 8.38. The van der Waals surface area contributed by atoms with Crippen LogP contribution in [0.1, 0.15) is 5.56 Å². The van der Waals surface area contributed by atoms with Crippen molar-refractivity contribution < 1.29 is 8.42 Å². The summed E-state index contributed by atoms with van der Waals surface area (Å²) in [6.45, 7) is 1.84. The molecule has 0 saturated carbocycles. The molecule has 18 heavy (non-hydrogen) atoms. The van der Waals surface area contributed by atoms with Crippen LogP contribution in [0.25, 0.3) is 0 Å². The number of anilines is 1. The molecule has 4 nitrogen and oxygen atoms in total. The minimum absolute atomic E-state index is 0.259. The molecule has 1 N–H and O–H groups in total. The molecule has 0 bridgehead atoms. The van der Waals surface area contributed by atoms with Crippen LogP contribution in [-0.4, -0.2) is 13.4 Å². The normalized spacial score (nSPS) is 11.5. The number of aryl methyl sites for hydroxylation is 1. The van der Waals surface area contributed by atoms with Crippen molar-refractivity contribution >= 4 is 58.9 Å². The van der Waals surface area contributed by atoms with E-state index in [9.17, 15) is 8.42 Å². The predicted octanol–water partition coefficient (Wildman–Crippen LogP) is 3.78. The third kappa shape index (κ3) is 3.11. The van der Waals surface area contributed by atoms with Gasteiger partial charge in [0.15, 0.2) is 0 Å². The molecule has 0 atom stereocenters. The first kappa shape index (κ1) is 14.0. The molecule has 2 rings (SSSR count). The molecule has 0 amide bonds. The number of halogens is 2. The van der Waals surface area contributed by atoms with E-state index in [0.29, 0.717) is 10.3 Å². The highest BCUT2D eigenvalue weighted by Crippen LogP contribution is 2.28. The number of hydrogen-bond donors (Lipinski definition) is 1. The Labute approximate surface area is 126 Å². The van der Waals surface area contributed by atoms with Crippen LogP contribution in [-0.2, 0) is 10.0 Å². The number of hydrogen-bond acceptors (Lipinski definition) is 4. The number of thiophene rings is 1. The van der Waals surface area contributed by atoms with Gasteiger partial charge in [0, 0.05) is 0 Å². The molecule has 0 radical (unpaired) electrons. The van der Waals surface area contributed by atoms with E-state index in [4.69, 9.17) is 0 Å². The number of sulfonamides is 1. The summed E-state index contributed by atoms with van der Waals surface area (Å²) >= 11 is 7.66. The van der Waals surface area contributed by atoms with Crippen molar-refractivity contribution in [1.82, 2.24) is 4.98 Å². The smallest absolute Gasteiger partial charge is 0.271 e. The van der Waals surface area contributed by atoms with Gasteiger partial charge in [0.05, 0.1) is 15.7 Å². The molecule has 0 saturated heterocycles. The third-order valence-corrected chi connectivity index (χ3v) is 6.41. The van der Waals surface area contributed by atoms with Gasteiger partial charge in [-0.05, 0) is 62.5 Å². The van der Waals surface area contributed by atoms with Crippen LogP contribution in [0.2, 0.25) is 0 Å². The van der Waals surface area contributed by atoms with Gasteiger partial charge in [-0.25, -0.2) is 13.4 Å². The SMILES string of the molecule is Cc1cc(NS(=O)(=O)c2ccc(Br)s2)cnc1Br. The maximum Gasteiger partial charge on any atom is 0.271 e. The Morgan fingerprint density at radius 2 is 2.06 bits per heavy atom. The Morgan fingerprint density at radius 1 is 1.33 bits per heavy atom. The fraction of sp³-hybridized carbons (Fsp3) is 0.100. The van der Waals surface area contributed by atoms with Crippen LogP contribution in [0.4, 0.5) is 5.69 Å². The summed E-state index contributed by atoms with van der Waals surface area (Å²) in [5.41, 5.74) is 1.31. The Hall–Kier alpha value is -0.440. The summed E-state index contributed by atoms with van der Waals surface area (Å²) in [5, 5.41) is 0. The van der Waals surface area contributed by atoms with Gasteiger partial charge >= 0.3 is 0 Å². The zero-order valence-corrected chi connectivity index (χ0v) is 14.0. The van der Waals surface area contributed by atoms with Gasteiger partial charge in [0.2, 0.25) is 0 Å². The number of rotatable bonds is 3. The summed E-state index contributed by atoms with van der Waals surface area (Å²) in [5.74, 6) is 0. The fourth-order valence-corrected chi connectivity index (χ4v) is 4.52. The molecule has 2 heterocycles. The van der Waals surface area contributed by atoms with Gasteiger partial charge in [0.25, 0.3) is 10.0 Å². The van der Waals surface area contributed by atoms with E-state index in [-0.39, 0.29) is 4.21 Å². The third-order valence-electron chi connectivity index (χ3n) is 2.08. The topological polar surface area (TPSA) is 59.1 Å². The summed E-state index contributed by atoms with van der Waals surface area (Å²) in [6.07, 6.45) is 1.47.